The summed E-state index contributed by atoms with van der Waals surface area (Å²) in [6.45, 7) is 17.6. The molecule has 0 saturated heterocycles. The van der Waals surface area contributed by atoms with Crippen molar-refractivity contribution >= 4 is 5.78 Å². The van der Waals surface area contributed by atoms with Gasteiger partial charge in [-0.2, -0.15) is 0 Å². The second kappa shape index (κ2) is 20.1. The molecule has 23 heavy (non-hydrogen) atoms. The first-order valence-electron chi connectivity index (χ1n) is 8.94. The van der Waals surface area contributed by atoms with Gasteiger partial charge in [-0.15, -0.1) is 0 Å². The normalized spacial score (nSPS) is 7.52. The molecule has 0 aliphatic heterocycles. The third-order valence-corrected chi connectivity index (χ3v) is 2.39. The molecule has 0 bridgehead atoms. The number of hydrogen-bond donors (Lipinski definition) is 0. The smallest absolute Gasteiger partial charge is 0.160 e. The highest BCUT2D eigenvalue weighted by molar-refractivity contribution is 6.00. The van der Waals surface area contributed by atoms with Gasteiger partial charge in [0.1, 0.15) is 0 Å². The molecule has 0 amide bonds. The first-order valence-corrected chi connectivity index (χ1v) is 8.94. The number of benzene rings is 2. The van der Waals surface area contributed by atoms with Crippen molar-refractivity contribution in [2.24, 2.45) is 0 Å². The first kappa shape index (κ1) is 26.0. The molecule has 0 aliphatic carbocycles. The van der Waals surface area contributed by atoms with E-state index in [4.69, 9.17) is 0 Å². The van der Waals surface area contributed by atoms with Gasteiger partial charge >= 0.3 is 0 Å². The minimum Gasteiger partial charge on any atom is -0.294 e. The number of ketones is 1. The van der Waals surface area contributed by atoms with E-state index in [2.05, 4.69) is 0 Å². The van der Waals surface area contributed by atoms with E-state index in [1.807, 2.05) is 110 Å². The molecule has 0 N–H and O–H groups in total. The molecule has 0 spiro atoms. The fourth-order valence-electron chi connectivity index (χ4n) is 1.66. The molecule has 0 saturated carbocycles. The summed E-state index contributed by atoms with van der Waals surface area (Å²) in [5.74, 6) is 0.106. The predicted octanol–water partition coefficient (Wildman–Crippen LogP) is 7.66. The van der Waals surface area contributed by atoms with Crippen LogP contribution in [0.25, 0.3) is 11.1 Å². The van der Waals surface area contributed by atoms with E-state index in [9.17, 15) is 4.79 Å². The number of rotatable bonds is 2. The highest BCUT2D eigenvalue weighted by atomic mass is 16.1. The van der Waals surface area contributed by atoms with Crippen LogP contribution >= 0.6 is 0 Å². The van der Waals surface area contributed by atoms with Crippen LogP contribution in [-0.2, 0) is 0 Å². The van der Waals surface area contributed by atoms with E-state index in [0.29, 0.717) is 0 Å². The highest BCUT2D eigenvalue weighted by Gasteiger charge is 2.06. The zero-order valence-electron chi connectivity index (χ0n) is 16.6. The summed E-state index contributed by atoms with van der Waals surface area (Å²) in [6.07, 6.45) is 0. The lowest BCUT2D eigenvalue weighted by Crippen LogP contribution is -1.95. The molecule has 0 heterocycles. The largest absolute Gasteiger partial charge is 0.294 e. The van der Waals surface area contributed by atoms with Gasteiger partial charge in [0.25, 0.3) is 0 Å². The first-order chi connectivity index (χ1) is 11.3. The van der Waals surface area contributed by atoms with Crippen LogP contribution in [0.3, 0.4) is 0 Å². The predicted molar refractivity (Wildman–Crippen MR) is 107 cm³/mol. The van der Waals surface area contributed by atoms with Crippen molar-refractivity contribution in [3.05, 3.63) is 60.2 Å². The molecule has 0 fully saturated rings. The summed E-state index contributed by atoms with van der Waals surface area (Å²) >= 11 is 0. The Bertz CT molecular complexity index is 472. The van der Waals surface area contributed by atoms with E-state index in [-0.39, 0.29) is 5.78 Å². The quantitative estimate of drug-likeness (QED) is 0.520. The van der Waals surface area contributed by atoms with Crippen molar-refractivity contribution in [2.75, 3.05) is 0 Å². The van der Waals surface area contributed by atoms with E-state index >= 15 is 0 Å². The van der Waals surface area contributed by atoms with Gasteiger partial charge in [0, 0.05) is 5.56 Å². The molecule has 0 radical (unpaired) electrons. The van der Waals surface area contributed by atoms with Crippen LogP contribution in [0.15, 0.2) is 54.6 Å². The number of Topliss-reactive ketones (excluding diaryl/α,β-unsaturated/α-hetero) is 1. The molecular formula is C22H36O. The Balaban J connectivity index is -0.000000438. The van der Waals surface area contributed by atoms with Crippen LogP contribution in [-0.4, -0.2) is 5.78 Å². The molecule has 130 valence electrons. The average molecular weight is 317 g/mol. The zero-order valence-corrected chi connectivity index (χ0v) is 16.6. The van der Waals surface area contributed by atoms with Crippen LogP contribution in [0, 0.1) is 0 Å². The number of hydrogen-bond acceptors (Lipinski definition) is 1. The molecule has 0 aliphatic rings. The summed E-state index contributed by atoms with van der Waals surface area (Å²) < 4.78 is 0. The van der Waals surface area contributed by atoms with Gasteiger partial charge in [-0.1, -0.05) is 110 Å². The molecule has 0 aromatic heterocycles. The Morgan fingerprint density at radius 2 is 1.00 bits per heavy atom. The topological polar surface area (TPSA) is 17.1 Å². The molecule has 1 nitrogen and oxygen atoms in total. The van der Waals surface area contributed by atoms with Crippen molar-refractivity contribution in [3.8, 4) is 11.1 Å². The van der Waals surface area contributed by atoms with Crippen molar-refractivity contribution in [2.45, 2.75) is 62.3 Å². The Labute approximate surface area is 144 Å². The maximum atomic E-state index is 11.4. The second-order valence-electron chi connectivity index (χ2n) is 3.47. The Morgan fingerprint density at radius 3 is 1.43 bits per heavy atom. The second-order valence-corrected chi connectivity index (χ2v) is 3.47. The molecule has 0 atom stereocenters. The van der Waals surface area contributed by atoms with Gasteiger partial charge in [-0.25, -0.2) is 0 Å². The van der Waals surface area contributed by atoms with Crippen LogP contribution in [0.2, 0.25) is 0 Å². The van der Waals surface area contributed by atoms with Crippen LogP contribution in [0.4, 0.5) is 0 Å². The van der Waals surface area contributed by atoms with Crippen LogP contribution in [0.1, 0.15) is 72.7 Å². The molecule has 2 aromatic rings. The number of carbonyl (C=O) groups is 1. The van der Waals surface area contributed by atoms with E-state index < -0.39 is 0 Å². The summed E-state index contributed by atoms with van der Waals surface area (Å²) in [4.78, 5) is 11.4. The van der Waals surface area contributed by atoms with Gasteiger partial charge in [0.15, 0.2) is 5.78 Å². The van der Waals surface area contributed by atoms with Crippen molar-refractivity contribution in [1.82, 2.24) is 0 Å². The Hall–Kier alpha value is -1.89. The fourth-order valence-corrected chi connectivity index (χ4v) is 1.66. The summed E-state index contributed by atoms with van der Waals surface area (Å²) in [5.41, 5.74) is 2.87. The third kappa shape index (κ3) is 10.5. The van der Waals surface area contributed by atoms with Crippen LogP contribution in [0.5, 0.6) is 0 Å². The van der Waals surface area contributed by atoms with Gasteiger partial charge in [0.05, 0.1) is 0 Å². The summed E-state index contributed by atoms with van der Waals surface area (Å²) in [6, 6.07) is 17.6. The Kier molecular flexibility index (Phi) is 22.8. The fraction of sp³-hybridized carbons (Fsp3) is 0.409. The minimum atomic E-state index is 0.106. The Morgan fingerprint density at radius 1 is 0.609 bits per heavy atom. The van der Waals surface area contributed by atoms with Gasteiger partial charge in [-0.3, -0.25) is 4.79 Å². The standard InChI is InChI=1S/C14H12O.4C2H6/c1-11(15)13-9-5-6-10-14(13)12-7-3-2-4-8-12;4*1-2/h2-10H,1H3;4*1-2H3. The van der Waals surface area contributed by atoms with Gasteiger partial charge in [-0.05, 0) is 18.1 Å². The lowest BCUT2D eigenvalue weighted by molar-refractivity contribution is 0.101. The highest BCUT2D eigenvalue weighted by Crippen LogP contribution is 2.23. The van der Waals surface area contributed by atoms with Crippen molar-refractivity contribution < 1.29 is 4.79 Å². The van der Waals surface area contributed by atoms with E-state index in [1.165, 1.54) is 0 Å². The van der Waals surface area contributed by atoms with Gasteiger partial charge in [0.2, 0.25) is 0 Å². The average Bonchev–Trinajstić information content (AvgIpc) is 2.69. The van der Waals surface area contributed by atoms with E-state index in [1.54, 1.807) is 6.92 Å². The molecule has 2 rings (SSSR count). The lowest BCUT2D eigenvalue weighted by Gasteiger charge is -2.06. The molecule has 0 unspecified atom stereocenters. The monoisotopic (exact) mass is 316 g/mol. The maximum absolute atomic E-state index is 11.4. The van der Waals surface area contributed by atoms with Crippen molar-refractivity contribution in [3.63, 3.8) is 0 Å². The zero-order chi connectivity index (χ0) is 18.7. The minimum absolute atomic E-state index is 0.106. The van der Waals surface area contributed by atoms with Crippen molar-refractivity contribution in [1.29, 1.82) is 0 Å². The van der Waals surface area contributed by atoms with E-state index in [0.717, 1.165) is 16.7 Å². The summed E-state index contributed by atoms with van der Waals surface area (Å²) in [5, 5.41) is 0. The number of carbonyl (C=O) groups excluding carboxylic acids is 1. The summed E-state index contributed by atoms with van der Waals surface area (Å²) in [7, 11) is 0. The molecule has 1 heteroatoms. The third-order valence-electron chi connectivity index (χ3n) is 2.39. The molecule has 2 aromatic carbocycles. The van der Waals surface area contributed by atoms with Gasteiger partial charge < -0.3 is 0 Å². The molecular weight excluding hydrogens is 280 g/mol. The van der Waals surface area contributed by atoms with Crippen LogP contribution < -0.4 is 0 Å². The maximum Gasteiger partial charge on any atom is 0.160 e. The SMILES string of the molecule is CC.CC.CC.CC.CC(=O)c1ccccc1-c1ccccc1. The lowest BCUT2D eigenvalue weighted by atomic mass is 9.98.